The molecule has 106 valence electrons. The number of sulfonamides is 1. The number of carbonyl (C=O) groups excluding carboxylic acids is 1. The predicted molar refractivity (Wildman–Crippen MR) is 67.3 cm³/mol. The molecule has 0 unspecified atom stereocenters. The number of aliphatic carboxylic acids is 1. The van der Waals surface area contributed by atoms with Crippen LogP contribution < -0.4 is 4.72 Å². The van der Waals surface area contributed by atoms with Crippen LogP contribution in [0.25, 0.3) is 0 Å². The third-order valence-electron chi connectivity index (χ3n) is 2.22. The molecule has 9 heteroatoms. The number of esters is 1. The quantitative estimate of drug-likeness (QED) is 0.707. The van der Waals surface area contributed by atoms with Gasteiger partial charge in [0.2, 0.25) is 0 Å². The molecule has 1 rings (SSSR count). The third-order valence-corrected chi connectivity index (χ3v) is 5.09. The van der Waals surface area contributed by atoms with Crippen LogP contribution in [-0.2, 0) is 24.3 Å². The molecule has 0 saturated carbocycles. The fourth-order valence-electron chi connectivity index (χ4n) is 1.26. The van der Waals surface area contributed by atoms with E-state index in [0.29, 0.717) is 0 Å². The van der Waals surface area contributed by atoms with Crippen molar-refractivity contribution >= 4 is 33.3 Å². The maximum atomic E-state index is 11.8. The monoisotopic (exact) mass is 307 g/mol. The molecule has 2 N–H and O–H groups in total. The third kappa shape index (κ3) is 4.62. The Kier molecular flexibility index (Phi) is 5.45. The first-order valence-electron chi connectivity index (χ1n) is 5.22. The van der Waals surface area contributed by atoms with Gasteiger partial charge in [-0.05, 0) is 17.9 Å². The highest BCUT2D eigenvalue weighted by atomic mass is 32.2. The van der Waals surface area contributed by atoms with Gasteiger partial charge in [0.25, 0.3) is 10.0 Å². The first-order chi connectivity index (χ1) is 8.86. The number of carboxylic acids is 1. The summed E-state index contributed by atoms with van der Waals surface area (Å²) < 4.78 is 30.1. The van der Waals surface area contributed by atoms with Crippen molar-refractivity contribution in [1.82, 2.24) is 4.72 Å². The summed E-state index contributed by atoms with van der Waals surface area (Å²) in [7, 11) is -2.71. The fraction of sp³-hybridized carbons (Fsp3) is 0.400. The topological polar surface area (TPSA) is 110 Å². The zero-order valence-electron chi connectivity index (χ0n) is 10.0. The second-order valence-electron chi connectivity index (χ2n) is 3.56. The largest absolute Gasteiger partial charge is 0.480 e. The number of thiophene rings is 1. The highest BCUT2D eigenvalue weighted by molar-refractivity contribution is 7.91. The van der Waals surface area contributed by atoms with Gasteiger partial charge in [0.05, 0.1) is 7.11 Å². The van der Waals surface area contributed by atoms with Gasteiger partial charge in [0.1, 0.15) is 10.3 Å². The maximum Gasteiger partial charge on any atom is 0.321 e. The van der Waals surface area contributed by atoms with E-state index in [4.69, 9.17) is 5.11 Å². The molecular weight excluding hydrogens is 294 g/mol. The lowest BCUT2D eigenvalue weighted by Gasteiger charge is -2.13. The van der Waals surface area contributed by atoms with Crippen molar-refractivity contribution < 1.29 is 27.9 Å². The van der Waals surface area contributed by atoms with Gasteiger partial charge in [-0.2, -0.15) is 4.72 Å². The Morgan fingerprint density at radius 1 is 1.53 bits per heavy atom. The smallest absolute Gasteiger partial charge is 0.321 e. The molecule has 1 atom stereocenters. The molecule has 0 bridgehead atoms. The predicted octanol–water partition coefficient (Wildman–Crippen LogP) is 0.433. The summed E-state index contributed by atoms with van der Waals surface area (Å²) in [5, 5.41) is 10.5. The number of methoxy groups -OCH3 is 1. The van der Waals surface area contributed by atoms with Gasteiger partial charge < -0.3 is 9.84 Å². The van der Waals surface area contributed by atoms with Crippen LogP contribution in [0.2, 0.25) is 0 Å². The molecule has 0 spiro atoms. The zero-order valence-corrected chi connectivity index (χ0v) is 11.7. The van der Waals surface area contributed by atoms with Crippen LogP contribution >= 0.6 is 11.3 Å². The second-order valence-corrected chi connectivity index (χ2v) is 6.45. The standard InChI is InChI=1S/C10H13NO6S2/c1-17-8(12)5-4-7(10(13)14)11-19(15,16)9-3-2-6-18-9/h2-3,6-7,11H,4-5H2,1H3,(H,13,14)/t7-/m0/s1. The van der Waals surface area contributed by atoms with Gasteiger partial charge in [-0.25, -0.2) is 8.42 Å². The SMILES string of the molecule is COC(=O)CC[C@H](NS(=O)(=O)c1cccs1)C(=O)O. The summed E-state index contributed by atoms with van der Waals surface area (Å²) >= 11 is 0.977. The van der Waals surface area contributed by atoms with Crippen LogP contribution in [0.5, 0.6) is 0 Å². The van der Waals surface area contributed by atoms with Gasteiger partial charge >= 0.3 is 11.9 Å². The van der Waals surface area contributed by atoms with E-state index in [2.05, 4.69) is 4.74 Å². The number of carbonyl (C=O) groups is 2. The fourth-order valence-corrected chi connectivity index (χ4v) is 3.49. The summed E-state index contributed by atoms with van der Waals surface area (Å²) in [6.07, 6.45) is -0.354. The number of ether oxygens (including phenoxy) is 1. The van der Waals surface area contributed by atoms with Gasteiger partial charge in [0.15, 0.2) is 0 Å². The Hall–Kier alpha value is -1.45. The number of rotatable bonds is 7. The summed E-state index contributed by atoms with van der Waals surface area (Å²) in [5.74, 6) is -1.94. The normalized spacial score (nSPS) is 12.9. The molecular formula is C10H13NO6S2. The van der Waals surface area contributed by atoms with Gasteiger partial charge in [-0.15, -0.1) is 11.3 Å². The number of carboxylic acid groups (broad SMARTS) is 1. The summed E-state index contributed by atoms with van der Waals surface area (Å²) in [4.78, 5) is 21.9. The van der Waals surface area contributed by atoms with E-state index in [-0.39, 0.29) is 17.1 Å². The first-order valence-corrected chi connectivity index (χ1v) is 7.58. The maximum absolute atomic E-state index is 11.8. The van der Waals surface area contributed by atoms with Crippen LogP contribution in [0.3, 0.4) is 0 Å². The van der Waals surface area contributed by atoms with Crippen molar-refractivity contribution in [3.8, 4) is 0 Å². The average molecular weight is 307 g/mol. The summed E-state index contributed by atoms with van der Waals surface area (Å²) in [6, 6.07) is 1.54. The minimum atomic E-state index is -3.88. The molecule has 0 saturated heterocycles. The molecule has 1 aromatic heterocycles. The van der Waals surface area contributed by atoms with Crippen LogP contribution in [-0.4, -0.2) is 38.6 Å². The molecule has 7 nitrogen and oxygen atoms in total. The van der Waals surface area contributed by atoms with Crippen molar-refractivity contribution in [3.63, 3.8) is 0 Å². The van der Waals surface area contributed by atoms with Crippen LogP contribution in [0.4, 0.5) is 0 Å². The molecule has 1 aromatic rings. The Bertz CT molecular complexity index is 536. The van der Waals surface area contributed by atoms with E-state index in [1.165, 1.54) is 13.2 Å². The first kappa shape index (κ1) is 15.6. The van der Waals surface area contributed by atoms with Gasteiger partial charge in [-0.3, -0.25) is 9.59 Å². The van der Waals surface area contributed by atoms with Crippen LogP contribution in [0.1, 0.15) is 12.8 Å². The van der Waals surface area contributed by atoms with E-state index in [1.807, 2.05) is 4.72 Å². The Morgan fingerprint density at radius 2 is 2.21 bits per heavy atom. The summed E-state index contributed by atoms with van der Waals surface area (Å²) in [5.41, 5.74) is 0. The lowest BCUT2D eigenvalue weighted by atomic mass is 10.2. The molecule has 0 aliphatic heterocycles. The Balaban J connectivity index is 2.74. The highest BCUT2D eigenvalue weighted by Crippen LogP contribution is 2.16. The van der Waals surface area contributed by atoms with Crippen molar-refractivity contribution in [2.24, 2.45) is 0 Å². The van der Waals surface area contributed by atoms with E-state index >= 15 is 0 Å². The van der Waals surface area contributed by atoms with Gasteiger partial charge in [-0.1, -0.05) is 6.07 Å². The average Bonchev–Trinajstić information content (AvgIpc) is 2.88. The van der Waals surface area contributed by atoms with Gasteiger partial charge in [0, 0.05) is 6.42 Å². The molecule has 0 aromatic carbocycles. The number of nitrogens with one attached hydrogen (secondary N) is 1. The zero-order chi connectivity index (χ0) is 14.5. The minimum absolute atomic E-state index is 0.0248. The molecule has 0 fully saturated rings. The van der Waals surface area contributed by atoms with E-state index in [0.717, 1.165) is 11.3 Å². The van der Waals surface area contributed by atoms with E-state index < -0.39 is 28.0 Å². The molecule has 0 aliphatic carbocycles. The Labute approximate surface area is 114 Å². The molecule has 19 heavy (non-hydrogen) atoms. The number of hydrogen-bond acceptors (Lipinski definition) is 6. The molecule has 1 heterocycles. The van der Waals surface area contributed by atoms with E-state index in [1.54, 1.807) is 11.4 Å². The van der Waals surface area contributed by atoms with E-state index in [9.17, 15) is 18.0 Å². The lowest BCUT2D eigenvalue weighted by molar-refractivity contribution is -0.142. The highest BCUT2D eigenvalue weighted by Gasteiger charge is 2.26. The van der Waals surface area contributed by atoms with Crippen molar-refractivity contribution in [3.05, 3.63) is 17.5 Å². The minimum Gasteiger partial charge on any atom is -0.480 e. The van der Waals surface area contributed by atoms with Crippen molar-refractivity contribution in [2.45, 2.75) is 23.1 Å². The molecule has 0 aliphatic rings. The second kappa shape index (κ2) is 6.64. The van der Waals surface area contributed by atoms with Crippen molar-refractivity contribution in [1.29, 1.82) is 0 Å². The van der Waals surface area contributed by atoms with Crippen molar-refractivity contribution in [2.75, 3.05) is 7.11 Å². The van der Waals surface area contributed by atoms with Crippen LogP contribution in [0, 0.1) is 0 Å². The van der Waals surface area contributed by atoms with Crippen LogP contribution in [0.15, 0.2) is 21.7 Å². The molecule has 0 radical (unpaired) electrons. The Morgan fingerprint density at radius 3 is 2.68 bits per heavy atom. The lowest BCUT2D eigenvalue weighted by Crippen LogP contribution is -2.40. The molecule has 0 amide bonds. The summed E-state index contributed by atoms with van der Waals surface area (Å²) in [6.45, 7) is 0. The number of hydrogen-bond donors (Lipinski definition) is 2.